The summed E-state index contributed by atoms with van der Waals surface area (Å²) >= 11 is 0. The molecule has 0 aromatic heterocycles. The van der Waals surface area contributed by atoms with Gasteiger partial charge in [0.15, 0.2) is 0 Å². The molecular weight excluding hydrogens is 166 g/mol. The summed E-state index contributed by atoms with van der Waals surface area (Å²) in [6, 6.07) is 0. The first-order valence-corrected chi connectivity index (χ1v) is 3.01. The van der Waals surface area contributed by atoms with Crippen LogP contribution in [-0.2, 0) is 9.59 Å². The van der Waals surface area contributed by atoms with Crippen molar-refractivity contribution in [2.24, 2.45) is 10.4 Å². The lowest BCUT2D eigenvalue weighted by Crippen LogP contribution is -2.29. The molecule has 0 radical (unpaired) electrons. The van der Waals surface area contributed by atoms with Crippen LogP contribution in [0.1, 0.15) is 0 Å². The Bertz CT molecular complexity index is 193. The summed E-state index contributed by atoms with van der Waals surface area (Å²) in [6.45, 7) is -0.574. The summed E-state index contributed by atoms with van der Waals surface area (Å²) in [6.07, 6.45) is 0. The van der Waals surface area contributed by atoms with Crippen molar-refractivity contribution in [3.05, 3.63) is 9.81 Å². The highest BCUT2D eigenvalue weighted by molar-refractivity contribution is 5.81. The fourth-order valence-corrected chi connectivity index (χ4v) is 0.575. The van der Waals surface area contributed by atoms with Gasteiger partial charge in [-0.2, -0.15) is 0 Å². The van der Waals surface area contributed by atoms with Gasteiger partial charge >= 0.3 is 0 Å². The number of hydrogen-bond acceptors (Lipinski definition) is 5. The third kappa shape index (κ3) is 4.34. The van der Waals surface area contributed by atoms with Crippen LogP contribution in [0, 0.1) is 9.81 Å². The number of carbonyl (C=O) groups is 2. The van der Waals surface area contributed by atoms with E-state index in [1.54, 1.807) is 0 Å². The van der Waals surface area contributed by atoms with E-state index in [9.17, 15) is 19.4 Å². The molecule has 0 atom stereocenters. The van der Waals surface area contributed by atoms with Crippen molar-refractivity contribution < 1.29 is 9.59 Å². The maximum Gasteiger partial charge on any atom is 0.300 e. The fourth-order valence-electron chi connectivity index (χ4n) is 0.575. The molecular formula is C5H7N3O4. The lowest BCUT2D eigenvalue weighted by molar-refractivity contribution is -0.121. The lowest BCUT2D eigenvalue weighted by atomic mass is 10.5. The zero-order valence-electron chi connectivity index (χ0n) is 6.39. The number of hydrogen-bond donors (Lipinski definition) is 0. The smallest absolute Gasteiger partial charge is 0.288 e. The highest BCUT2D eigenvalue weighted by Crippen LogP contribution is 1.86. The Morgan fingerprint density at radius 1 is 1.08 bits per heavy atom. The topological polar surface area (TPSA) is 96.2 Å². The summed E-state index contributed by atoms with van der Waals surface area (Å²) in [7, 11) is 1.40. The van der Waals surface area contributed by atoms with E-state index in [-0.39, 0.29) is 13.1 Å². The molecule has 0 unspecified atom stereocenters. The molecule has 12 heavy (non-hydrogen) atoms. The van der Waals surface area contributed by atoms with E-state index in [1.165, 1.54) is 11.9 Å². The van der Waals surface area contributed by atoms with Crippen LogP contribution in [-0.4, -0.2) is 36.9 Å². The summed E-state index contributed by atoms with van der Waals surface area (Å²) in [5.41, 5.74) is 0. The molecule has 7 heteroatoms. The predicted octanol–water partition coefficient (Wildman–Crippen LogP) is -0.496. The molecule has 0 bridgehead atoms. The summed E-state index contributed by atoms with van der Waals surface area (Å²) in [5, 5.41) is 4.22. The maximum atomic E-state index is 10.4. The minimum atomic E-state index is -0.892. The van der Waals surface area contributed by atoms with Crippen LogP contribution in [0.2, 0.25) is 0 Å². The molecule has 0 aliphatic rings. The monoisotopic (exact) mass is 173 g/mol. The molecule has 0 saturated heterocycles. The molecule has 66 valence electrons. The summed E-state index contributed by atoms with van der Waals surface area (Å²) < 4.78 is 0. The number of amides is 2. The fraction of sp³-hybridized carbons (Fsp3) is 0.600. The van der Waals surface area contributed by atoms with Crippen LogP contribution in [0.3, 0.4) is 0 Å². The Kier molecular flexibility index (Phi) is 4.54. The molecule has 0 saturated carbocycles. The third-order valence-electron chi connectivity index (χ3n) is 1.01. The van der Waals surface area contributed by atoms with Crippen LogP contribution < -0.4 is 0 Å². The first kappa shape index (κ1) is 10.5. The molecule has 0 aromatic carbocycles. The van der Waals surface area contributed by atoms with E-state index in [1.807, 2.05) is 0 Å². The predicted molar refractivity (Wildman–Crippen MR) is 39.1 cm³/mol. The number of likely N-dealkylation sites (N-methyl/N-ethyl adjacent to an activating group) is 1. The molecule has 0 aliphatic carbocycles. The van der Waals surface area contributed by atoms with Gasteiger partial charge in [-0.1, -0.05) is 0 Å². The highest BCUT2D eigenvalue weighted by Gasteiger charge is 2.10. The highest BCUT2D eigenvalue weighted by atomic mass is 16.3. The molecule has 0 rings (SSSR count). The van der Waals surface area contributed by atoms with Gasteiger partial charge < -0.3 is 0 Å². The van der Waals surface area contributed by atoms with Gasteiger partial charge in [-0.3, -0.25) is 14.5 Å². The van der Waals surface area contributed by atoms with Crippen molar-refractivity contribution in [2.45, 2.75) is 0 Å². The molecule has 0 aliphatic heterocycles. The van der Waals surface area contributed by atoms with Gasteiger partial charge in [0.25, 0.3) is 11.8 Å². The Morgan fingerprint density at radius 2 is 1.42 bits per heavy atom. The molecule has 0 heterocycles. The van der Waals surface area contributed by atoms with Gasteiger partial charge in [0.2, 0.25) is 0 Å². The van der Waals surface area contributed by atoms with Crippen molar-refractivity contribution in [3.63, 3.8) is 0 Å². The van der Waals surface area contributed by atoms with Gasteiger partial charge in [-0.15, -0.1) is 9.81 Å². The van der Waals surface area contributed by atoms with Crippen molar-refractivity contribution >= 4 is 11.8 Å². The average molecular weight is 173 g/mol. The third-order valence-corrected chi connectivity index (χ3v) is 1.01. The molecule has 0 spiro atoms. The molecule has 7 nitrogen and oxygen atoms in total. The van der Waals surface area contributed by atoms with Crippen molar-refractivity contribution in [2.75, 3.05) is 20.1 Å². The minimum Gasteiger partial charge on any atom is -0.288 e. The second-order valence-corrected chi connectivity index (χ2v) is 2.14. The standard InChI is InChI=1S/C5H7N3O4/c1-8(2-4(9)6-11)3-5(10)7-12/h2-3H2,1H3. The largest absolute Gasteiger partial charge is 0.300 e. The molecule has 0 fully saturated rings. The van der Waals surface area contributed by atoms with Gasteiger partial charge in [-0.05, 0) is 7.05 Å². The maximum absolute atomic E-state index is 10.4. The van der Waals surface area contributed by atoms with Gasteiger partial charge in [0, 0.05) is 10.4 Å². The number of rotatable bonds is 4. The van der Waals surface area contributed by atoms with Gasteiger partial charge in [-0.25, -0.2) is 0 Å². The normalized spacial score (nSPS) is 9.50. The average Bonchev–Trinajstić information content (AvgIpc) is 2.03. The van der Waals surface area contributed by atoms with E-state index < -0.39 is 11.8 Å². The zero-order chi connectivity index (χ0) is 9.56. The van der Waals surface area contributed by atoms with Crippen molar-refractivity contribution in [3.8, 4) is 0 Å². The number of nitrogens with zero attached hydrogens (tertiary/aromatic N) is 3. The molecule has 2 amide bonds. The van der Waals surface area contributed by atoms with Crippen LogP contribution >= 0.6 is 0 Å². The van der Waals surface area contributed by atoms with E-state index in [0.717, 1.165) is 0 Å². The Labute approximate surface area is 67.7 Å². The molecule has 0 N–H and O–H groups in total. The summed E-state index contributed by atoms with van der Waals surface area (Å²) in [5.74, 6) is -1.78. The SMILES string of the molecule is CN(CC(=O)N=O)CC(=O)N=O. The van der Waals surface area contributed by atoms with E-state index in [2.05, 4.69) is 10.4 Å². The number of carbonyl (C=O) groups excluding carboxylic acids is 2. The second kappa shape index (κ2) is 5.19. The van der Waals surface area contributed by atoms with E-state index >= 15 is 0 Å². The van der Waals surface area contributed by atoms with Crippen LogP contribution in [0.5, 0.6) is 0 Å². The van der Waals surface area contributed by atoms with E-state index in [0.29, 0.717) is 0 Å². The first-order chi connectivity index (χ1) is 5.60. The van der Waals surface area contributed by atoms with Crippen LogP contribution in [0.4, 0.5) is 0 Å². The van der Waals surface area contributed by atoms with Crippen molar-refractivity contribution in [1.82, 2.24) is 4.90 Å². The van der Waals surface area contributed by atoms with Crippen LogP contribution in [0.25, 0.3) is 0 Å². The van der Waals surface area contributed by atoms with E-state index in [4.69, 9.17) is 0 Å². The second-order valence-electron chi connectivity index (χ2n) is 2.14. The van der Waals surface area contributed by atoms with Gasteiger partial charge in [0.1, 0.15) is 0 Å². The first-order valence-electron chi connectivity index (χ1n) is 3.01. The van der Waals surface area contributed by atoms with Crippen LogP contribution in [0.15, 0.2) is 10.4 Å². The minimum absolute atomic E-state index is 0.287. The Balaban J connectivity index is 3.80. The van der Waals surface area contributed by atoms with Crippen molar-refractivity contribution in [1.29, 1.82) is 0 Å². The lowest BCUT2D eigenvalue weighted by Gasteiger charge is -2.08. The Hall–Kier alpha value is -1.50. The summed E-state index contributed by atoms with van der Waals surface area (Å²) in [4.78, 5) is 41.1. The number of nitroso groups, excluding NO2 is 2. The quantitative estimate of drug-likeness (QED) is 0.534. The molecule has 0 aromatic rings. The zero-order valence-corrected chi connectivity index (χ0v) is 6.39. The van der Waals surface area contributed by atoms with Gasteiger partial charge in [0.05, 0.1) is 13.1 Å². The Morgan fingerprint density at radius 3 is 1.67 bits per heavy atom.